The van der Waals surface area contributed by atoms with E-state index in [1.165, 1.54) is 12.1 Å². The summed E-state index contributed by atoms with van der Waals surface area (Å²) >= 11 is 0. The minimum Gasteiger partial charge on any atom is -0.382 e. The van der Waals surface area contributed by atoms with Crippen molar-refractivity contribution in [3.63, 3.8) is 0 Å². The van der Waals surface area contributed by atoms with Crippen LogP contribution in [0, 0.1) is 11.6 Å². The summed E-state index contributed by atoms with van der Waals surface area (Å²) in [5.74, 6) is -2.56. The Hall–Kier alpha value is -3.29. The Bertz CT molecular complexity index is 883. The van der Waals surface area contributed by atoms with E-state index in [1.807, 2.05) is 0 Å². The van der Waals surface area contributed by atoms with Crippen LogP contribution in [0.5, 0.6) is 0 Å². The van der Waals surface area contributed by atoms with E-state index in [4.69, 9.17) is 10.6 Å². The number of halogens is 2. The van der Waals surface area contributed by atoms with Gasteiger partial charge in [0, 0.05) is 12.0 Å². The van der Waals surface area contributed by atoms with Gasteiger partial charge in [-0.15, -0.1) is 0 Å². The molecule has 0 fully saturated rings. The summed E-state index contributed by atoms with van der Waals surface area (Å²) in [6.45, 7) is 0. The van der Waals surface area contributed by atoms with Crippen molar-refractivity contribution in [1.82, 2.24) is 0 Å². The number of hydrogen-bond donors (Lipinski definition) is 2. The van der Waals surface area contributed by atoms with Gasteiger partial charge in [-0.05, 0) is 30.3 Å². The van der Waals surface area contributed by atoms with Gasteiger partial charge in [-0.25, -0.2) is 8.78 Å². The van der Waals surface area contributed by atoms with Crippen molar-refractivity contribution in [2.24, 2.45) is 10.9 Å². The van der Waals surface area contributed by atoms with Gasteiger partial charge in [0.25, 0.3) is 11.8 Å². The number of amides is 2. The van der Waals surface area contributed by atoms with Crippen LogP contribution in [0.2, 0.25) is 0 Å². The summed E-state index contributed by atoms with van der Waals surface area (Å²) < 4.78 is 27.1. The molecule has 8 heteroatoms. The van der Waals surface area contributed by atoms with E-state index in [0.717, 1.165) is 18.2 Å². The van der Waals surface area contributed by atoms with Crippen LogP contribution in [-0.4, -0.2) is 23.6 Å². The highest BCUT2D eigenvalue weighted by atomic mass is 19.1. The molecule has 2 aromatic rings. The molecule has 1 heterocycles. The molecular weight excluding hydrogens is 332 g/mol. The van der Waals surface area contributed by atoms with Gasteiger partial charge in [0.15, 0.2) is 0 Å². The number of rotatable bonds is 4. The van der Waals surface area contributed by atoms with Crippen molar-refractivity contribution in [1.29, 1.82) is 0 Å². The number of nitrogens with zero attached hydrogens (tertiary/aromatic N) is 1. The molecule has 25 heavy (non-hydrogen) atoms. The summed E-state index contributed by atoms with van der Waals surface area (Å²) in [5.41, 5.74) is 5.69. The second-order valence-corrected chi connectivity index (χ2v) is 5.36. The fourth-order valence-corrected chi connectivity index (χ4v) is 2.42. The summed E-state index contributed by atoms with van der Waals surface area (Å²) in [4.78, 5) is 28.7. The largest absolute Gasteiger partial charge is 0.382 e. The zero-order chi connectivity index (χ0) is 18.0. The lowest BCUT2D eigenvalue weighted by atomic mass is 10.0. The van der Waals surface area contributed by atoms with Crippen molar-refractivity contribution < 1.29 is 23.2 Å². The van der Waals surface area contributed by atoms with Crippen LogP contribution in [0.15, 0.2) is 47.6 Å². The SMILES string of the molecule is NC(=O)c1ccccc1NC(=O)[C@@H]1CC(c2cc(F)ccc2F)=NO1. The average molecular weight is 345 g/mol. The molecule has 0 radical (unpaired) electrons. The molecule has 0 saturated heterocycles. The zero-order valence-corrected chi connectivity index (χ0v) is 12.8. The van der Waals surface area contributed by atoms with Gasteiger partial charge in [0.2, 0.25) is 6.10 Å². The van der Waals surface area contributed by atoms with Gasteiger partial charge in [0.05, 0.1) is 17.0 Å². The third kappa shape index (κ3) is 3.47. The highest BCUT2D eigenvalue weighted by molar-refractivity contribution is 6.08. The smallest absolute Gasteiger partial charge is 0.268 e. The van der Waals surface area contributed by atoms with E-state index in [-0.39, 0.29) is 28.9 Å². The number of nitrogens with one attached hydrogen (secondary N) is 1. The molecule has 128 valence electrons. The summed E-state index contributed by atoms with van der Waals surface area (Å²) in [5, 5.41) is 6.19. The van der Waals surface area contributed by atoms with Crippen LogP contribution < -0.4 is 11.1 Å². The maximum atomic E-state index is 13.8. The number of oxime groups is 1. The molecule has 0 aliphatic carbocycles. The van der Waals surface area contributed by atoms with Crippen LogP contribution in [0.1, 0.15) is 22.3 Å². The highest BCUT2D eigenvalue weighted by Crippen LogP contribution is 2.22. The number of benzene rings is 2. The van der Waals surface area contributed by atoms with E-state index in [0.29, 0.717) is 0 Å². The lowest BCUT2D eigenvalue weighted by molar-refractivity contribution is -0.125. The number of primary amides is 1. The molecule has 2 aromatic carbocycles. The zero-order valence-electron chi connectivity index (χ0n) is 12.8. The third-order valence-electron chi connectivity index (χ3n) is 3.65. The van der Waals surface area contributed by atoms with Crippen molar-refractivity contribution >= 4 is 23.2 Å². The predicted octanol–water partition coefficient (Wildman–Crippen LogP) is 2.20. The summed E-state index contributed by atoms with van der Waals surface area (Å²) in [6, 6.07) is 9.17. The normalized spacial score (nSPS) is 16.1. The lowest BCUT2D eigenvalue weighted by Gasteiger charge is -2.11. The molecule has 0 unspecified atom stereocenters. The Morgan fingerprint density at radius 3 is 2.72 bits per heavy atom. The Balaban J connectivity index is 1.72. The first-order chi connectivity index (χ1) is 12.0. The third-order valence-corrected chi connectivity index (χ3v) is 3.65. The van der Waals surface area contributed by atoms with Gasteiger partial charge in [0.1, 0.15) is 11.6 Å². The lowest BCUT2D eigenvalue weighted by Crippen LogP contribution is -2.29. The molecule has 6 nitrogen and oxygen atoms in total. The molecule has 3 N–H and O–H groups in total. The van der Waals surface area contributed by atoms with Crippen LogP contribution in [-0.2, 0) is 9.63 Å². The highest BCUT2D eigenvalue weighted by Gasteiger charge is 2.30. The fourth-order valence-electron chi connectivity index (χ4n) is 2.42. The topological polar surface area (TPSA) is 93.8 Å². The Morgan fingerprint density at radius 2 is 1.96 bits per heavy atom. The van der Waals surface area contributed by atoms with Crippen molar-refractivity contribution in [2.75, 3.05) is 5.32 Å². The van der Waals surface area contributed by atoms with Crippen LogP contribution in [0.25, 0.3) is 0 Å². The molecule has 1 aliphatic heterocycles. The Labute approximate surface area is 141 Å². The first kappa shape index (κ1) is 16.6. The maximum absolute atomic E-state index is 13.8. The summed E-state index contributed by atoms with van der Waals surface area (Å²) in [7, 11) is 0. The van der Waals surface area contributed by atoms with E-state index in [1.54, 1.807) is 12.1 Å². The number of carbonyl (C=O) groups excluding carboxylic acids is 2. The van der Waals surface area contributed by atoms with E-state index in [2.05, 4.69) is 10.5 Å². The second-order valence-electron chi connectivity index (χ2n) is 5.36. The number of nitrogens with two attached hydrogens (primary N) is 1. The first-order valence-corrected chi connectivity index (χ1v) is 7.33. The fraction of sp³-hybridized carbons (Fsp3) is 0.118. The molecular formula is C17H13F2N3O3. The van der Waals surface area contributed by atoms with E-state index < -0.39 is 29.6 Å². The van der Waals surface area contributed by atoms with Crippen LogP contribution >= 0.6 is 0 Å². The average Bonchev–Trinajstić information content (AvgIpc) is 3.07. The maximum Gasteiger partial charge on any atom is 0.268 e. The van der Waals surface area contributed by atoms with Gasteiger partial charge < -0.3 is 15.9 Å². The van der Waals surface area contributed by atoms with E-state index >= 15 is 0 Å². The molecule has 1 aliphatic rings. The summed E-state index contributed by atoms with van der Waals surface area (Å²) in [6.07, 6.45) is -1.07. The first-order valence-electron chi connectivity index (χ1n) is 7.33. The molecule has 0 saturated carbocycles. The van der Waals surface area contributed by atoms with Crippen molar-refractivity contribution in [3.05, 3.63) is 65.2 Å². The second kappa shape index (κ2) is 6.68. The Morgan fingerprint density at radius 1 is 1.20 bits per heavy atom. The number of anilines is 1. The van der Waals surface area contributed by atoms with Gasteiger partial charge in [-0.1, -0.05) is 17.3 Å². The van der Waals surface area contributed by atoms with Gasteiger partial charge >= 0.3 is 0 Å². The van der Waals surface area contributed by atoms with Crippen LogP contribution in [0.4, 0.5) is 14.5 Å². The van der Waals surface area contributed by atoms with Crippen molar-refractivity contribution in [2.45, 2.75) is 12.5 Å². The standard InChI is InChI=1S/C17H13F2N3O3/c18-9-5-6-12(19)11(7-9)14-8-15(25-22-14)17(24)21-13-4-2-1-3-10(13)16(20)23/h1-7,15H,8H2,(H2,20,23)(H,21,24)/t15-/m0/s1. The quantitative estimate of drug-likeness (QED) is 0.889. The van der Waals surface area contributed by atoms with Crippen molar-refractivity contribution in [3.8, 4) is 0 Å². The molecule has 0 spiro atoms. The predicted molar refractivity (Wildman–Crippen MR) is 86.0 cm³/mol. The van der Waals surface area contributed by atoms with Gasteiger partial charge in [-0.2, -0.15) is 0 Å². The monoisotopic (exact) mass is 345 g/mol. The minimum atomic E-state index is -1.03. The van der Waals surface area contributed by atoms with Crippen LogP contribution in [0.3, 0.4) is 0 Å². The Kier molecular flexibility index (Phi) is 4.42. The van der Waals surface area contributed by atoms with E-state index in [9.17, 15) is 18.4 Å². The minimum absolute atomic E-state index is 0.0368. The molecule has 0 aromatic heterocycles. The number of hydrogen-bond acceptors (Lipinski definition) is 4. The number of para-hydroxylation sites is 1. The molecule has 3 rings (SSSR count). The number of carbonyl (C=O) groups is 2. The van der Waals surface area contributed by atoms with Gasteiger partial charge in [-0.3, -0.25) is 9.59 Å². The molecule has 1 atom stereocenters. The molecule has 2 amide bonds. The molecule has 0 bridgehead atoms.